The number of likely N-dealkylation sites (N-methyl/N-ethyl adjacent to an activating group) is 1. The highest BCUT2D eigenvalue weighted by molar-refractivity contribution is 5.90. The van der Waals surface area contributed by atoms with Gasteiger partial charge in [0.05, 0.1) is 5.69 Å². The van der Waals surface area contributed by atoms with Gasteiger partial charge in [0.25, 0.3) is 0 Å². The van der Waals surface area contributed by atoms with Crippen molar-refractivity contribution in [1.29, 1.82) is 0 Å². The summed E-state index contributed by atoms with van der Waals surface area (Å²) >= 11 is 0. The molecule has 2 aromatic rings. The van der Waals surface area contributed by atoms with E-state index in [1.165, 1.54) is 11.0 Å². The van der Waals surface area contributed by atoms with Gasteiger partial charge in [-0.2, -0.15) is 5.10 Å². The van der Waals surface area contributed by atoms with Gasteiger partial charge < -0.3 is 10.2 Å². The van der Waals surface area contributed by atoms with E-state index in [0.29, 0.717) is 24.1 Å². The molecule has 1 aliphatic rings. The second-order valence-electron chi connectivity index (χ2n) is 5.47. The molecule has 7 heteroatoms. The molecule has 3 rings (SSSR count). The highest BCUT2D eigenvalue weighted by Gasteiger charge is 2.33. The van der Waals surface area contributed by atoms with Crippen molar-refractivity contribution in [2.24, 2.45) is 0 Å². The van der Waals surface area contributed by atoms with Crippen LogP contribution in [0.15, 0.2) is 36.7 Å². The van der Waals surface area contributed by atoms with Gasteiger partial charge in [0, 0.05) is 38.0 Å². The van der Waals surface area contributed by atoms with Gasteiger partial charge >= 0.3 is 0 Å². The van der Waals surface area contributed by atoms with E-state index < -0.39 is 11.9 Å². The summed E-state index contributed by atoms with van der Waals surface area (Å²) in [6.07, 6.45) is 4.17. The van der Waals surface area contributed by atoms with Crippen molar-refractivity contribution in [2.45, 2.75) is 25.4 Å². The Bertz CT molecular complexity index is 730. The fourth-order valence-electron chi connectivity index (χ4n) is 2.75. The minimum Gasteiger partial charge on any atom is -0.350 e. The summed E-state index contributed by atoms with van der Waals surface area (Å²) in [4.78, 5) is 25.2. The number of carbonyl (C=O) groups is 2. The average molecular weight is 316 g/mol. The monoisotopic (exact) mass is 316 g/mol. The van der Waals surface area contributed by atoms with Crippen molar-refractivity contribution in [3.63, 3.8) is 0 Å². The summed E-state index contributed by atoms with van der Waals surface area (Å²) < 4.78 is 15.7. The lowest BCUT2D eigenvalue weighted by molar-refractivity contribution is -0.133. The molecule has 1 saturated heterocycles. The Balaban J connectivity index is 1.76. The van der Waals surface area contributed by atoms with Gasteiger partial charge in [-0.25, -0.2) is 9.07 Å². The summed E-state index contributed by atoms with van der Waals surface area (Å²) in [5, 5.41) is 6.82. The van der Waals surface area contributed by atoms with E-state index in [-0.39, 0.29) is 18.4 Å². The first-order valence-electron chi connectivity index (χ1n) is 7.38. The van der Waals surface area contributed by atoms with Gasteiger partial charge in [-0.1, -0.05) is 6.07 Å². The molecule has 2 heterocycles. The van der Waals surface area contributed by atoms with Crippen LogP contribution < -0.4 is 5.32 Å². The van der Waals surface area contributed by atoms with E-state index in [2.05, 4.69) is 10.4 Å². The molecule has 1 aromatic heterocycles. The number of rotatable bonds is 4. The van der Waals surface area contributed by atoms with Crippen LogP contribution in [0.4, 0.5) is 4.39 Å². The van der Waals surface area contributed by atoms with Crippen LogP contribution in [0.2, 0.25) is 0 Å². The molecule has 2 amide bonds. The maximum Gasteiger partial charge on any atom is 0.243 e. The van der Waals surface area contributed by atoms with Crippen LogP contribution in [0.25, 0.3) is 5.69 Å². The van der Waals surface area contributed by atoms with Gasteiger partial charge in [0.1, 0.15) is 11.9 Å². The van der Waals surface area contributed by atoms with Crippen LogP contribution in [0.1, 0.15) is 18.4 Å². The molecular formula is C16H17FN4O2. The number of amides is 2. The fraction of sp³-hybridized carbons (Fsp3) is 0.312. The number of nitrogens with zero attached hydrogens (tertiary/aromatic N) is 3. The number of likely N-dealkylation sites (tertiary alicyclic amines) is 1. The molecule has 0 saturated carbocycles. The minimum absolute atomic E-state index is 0.0409. The zero-order valence-corrected chi connectivity index (χ0v) is 12.7. The molecule has 6 nitrogen and oxygen atoms in total. The molecule has 23 heavy (non-hydrogen) atoms. The quantitative estimate of drug-likeness (QED) is 0.923. The maximum absolute atomic E-state index is 14.2. The maximum atomic E-state index is 14.2. The standard InChI is InChI=1S/C16H17FN4O2/c1-20-14(6-7-15(20)22)16(23)18-10-11-12(17)4-2-5-13(11)21-9-3-8-19-21/h2-5,8-9,14H,6-7,10H2,1H3,(H,18,23)/t14-/m1/s1. The van der Waals surface area contributed by atoms with Gasteiger partial charge in [-0.05, 0) is 24.6 Å². The Labute approximate surface area is 132 Å². The molecule has 120 valence electrons. The Morgan fingerprint density at radius 3 is 2.91 bits per heavy atom. The van der Waals surface area contributed by atoms with Crippen molar-refractivity contribution >= 4 is 11.8 Å². The van der Waals surface area contributed by atoms with E-state index >= 15 is 0 Å². The predicted octanol–water partition coefficient (Wildman–Crippen LogP) is 1.25. The van der Waals surface area contributed by atoms with Gasteiger partial charge in [0.2, 0.25) is 11.8 Å². The molecule has 1 N–H and O–H groups in total. The van der Waals surface area contributed by atoms with Crippen LogP contribution in [0.5, 0.6) is 0 Å². The van der Waals surface area contributed by atoms with Crippen LogP contribution in [-0.2, 0) is 16.1 Å². The number of hydrogen-bond acceptors (Lipinski definition) is 3. The molecule has 1 aromatic carbocycles. The lowest BCUT2D eigenvalue weighted by Gasteiger charge is -2.19. The summed E-state index contributed by atoms with van der Waals surface area (Å²) in [6.45, 7) is 0.0409. The smallest absolute Gasteiger partial charge is 0.243 e. The van der Waals surface area contributed by atoms with Crippen molar-refractivity contribution in [1.82, 2.24) is 20.0 Å². The average Bonchev–Trinajstić information content (AvgIpc) is 3.17. The normalized spacial score (nSPS) is 17.6. The van der Waals surface area contributed by atoms with E-state index in [0.717, 1.165) is 0 Å². The van der Waals surface area contributed by atoms with E-state index in [1.807, 2.05) is 0 Å². The third-order valence-electron chi connectivity index (χ3n) is 4.08. The zero-order chi connectivity index (χ0) is 16.4. The Morgan fingerprint density at radius 1 is 1.43 bits per heavy atom. The van der Waals surface area contributed by atoms with Crippen molar-refractivity contribution in [2.75, 3.05) is 7.05 Å². The molecule has 1 fully saturated rings. The van der Waals surface area contributed by atoms with Crippen molar-refractivity contribution in [3.05, 3.63) is 48.0 Å². The first-order valence-corrected chi connectivity index (χ1v) is 7.38. The summed E-state index contributed by atoms with van der Waals surface area (Å²) in [5.74, 6) is -0.726. The van der Waals surface area contributed by atoms with Crippen molar-refractivity contribution in [3.8, 4) is 5.69 Å². The Morgan fingerprint density at radius 2 is 2.26 bits per heavy atom. The number of carbonyl (C=O) groups excluding carboxylic acids is 2. The second-order valence-corrected chi connectivity index (χ2v) is 5.47. The van der Waals surface area contributed by atoms with E-state index in [9.17, 15) is 14.0 Å². The Hall–Kier alpha value is -2.70. The molecule has 1 atom stereocenters. The van der Waals surface area contributed by atoms with Gasteiger partial charge in [0.15, 0.2) is 0 Å². The van der Waals surface area contributed by atoms with E-state index in [1.54, 1.807) is 42.3 Å². The summed E-state index contributed by atoms with van der Waals surface area (Å²) in [7, 11) is 1.61. The largest absolute Gasteiger partial charge is 0.350 e. The molecule has 0 spiro atoms. The first kappa shape index (κ1) is 15.2. The number of halogens is 1. The highest BCUT2D eigenvalue weighted by atomic mass is 19.1. The number of nitrogens with one attached hydrogen (secondary N) is 1. The molecule has 1 aliphatic heterocycles. The van der Waals surface area contributed by atoms with Crippen LogP contribution in [0, 0.1) is 5.82 Å². The van der Waals surface area contributed by atoms with Crippen LogP contribution in [0.3, 0.4) is 0 Å². The first-order chi connectivity index (χ1) is 11.1. The minimum atomic E-state index is -0.484. The zero-order valence-electron chi connectivity index (χ0n) is 12.7. The van der Waals surface area contributed by atoms with Crippen LogP contribution in [-0.4, -0.2) is 39.6 Å². The molecule has 0 radical (unpaired) electrons. The Kier molecular flexibility index (Phi) is 4.10. The lowest BCUT2D eigenvalue weighted by Crippen LogP contribution is -2.42. The topological polar surface area (TPSA) is 67.2 Å². The third-order valence-corrected chi connectivity index (χ3v) is 4.08. The third kappa shape index (κ3) is 2.94. The SMILES string of the molecule is CN1C(=O)CC[C@@H]1C(=O)NCc1c(F)cccc1-n1cccn1. The molecular weight excluding hydrogens is 299 g/mol. The van der Waals surface area contributed by atoms with Gasteiger partial charge in [-0.15, -0.1) is 0 Å². The number of benzene rings is 1. The predicted molar refractivity (Wildman–Crippen MR) is 81.2 cm³/mol. The summed E-state index contributed by atoms with van der Waals surface area (Å²) in [6, 6.07) is 5.94. The number of aromatic nitrogens is 2. The van der Waals surface area contributed by atoms with Crippen molar-refractivity contribution < 1.29 is 14.0 Å². The van der Waals surface area contributed by atoms with Gasteiger partial charge in [-0.3, -0.25) is 9.59 Å². The number of hydrogen-bond donors (Lipinski definition) is 1. The summed E-state index contributed by atoms with van der Waals surface area (Å²) in [5.41, 5.74) is 0.933. The fourth-order valence-corrected chi connectivity index (χ4v) is 2.75. The van der Waals surface area contributed by atoms with Crippen LogP contribution >= 0.6 is 0 Å². The molecule has 0 aliphatic carbocycles. The highest BCUT2D eigenvalue weighted by Crippen LogP contribution is 2.19. The molecule has 0 bridgehead atoms. The molecule has 0 unspecified atom stereocenters. The van der Waals surface area contributed by atoms with E-state index in [4.69, 9.17) is 0 Å². The second kappa shape index (κ2) is 6.20. The lowest BCUT2D eigenvalue weighted by atomic mass is 10.1.